The van der Waals surface area contributed by atoms with Crippen LogP contribution in [0.4, 0.5) is 5.69 Å². The molecule has 114 valence electrons. The second-order valence-electron chi connectivity index (χ2n) is 5.14. The van der Waals surface area contributed by atoms with Crippen LogP contribution < -0.4 is 4.72 Å². The monoisotopic (exact) mass is 327 g/mol. The topological polar surface area (TPSA) is 64.0 Å². The molecule has 2 aromatic rings. The van der Waals surface area contributed by atoms with Crippen molar-refractivity contribution in [2.24, 2.45) is 0 Å². The highest BCUT2D eigenvalue weighted by Gasteiger charge is 2.20. The molecule has 21 heavy (non-hydrogen) atoms. The summed E-state index contributed by atoms with van der Waals surface area (Å²) in [6.45, 7) is 7.62. The van der Waals surface area contributed by atoms with E-state index in [1.165, 1.54) is 12.1 Å². The fourth-order valence-corrected chi connectivity index (χ4v) is 3.42. The highest BCUT2D eigenvalue weighted by atomic mass is 35.5. The van der Waals surface area contributed by atoms with Crippen molar-refractivity contribution < 1.29 is 8.42 Å². The molecule has 0 bridgehead atoms. The van der Waals surface area contributed by atoms with Gasteiger partial charge in [0.1, 0.15) is 0 Å². The van der Waals surface area contributed by atoms with Gasteiger partial charge in [-0.25, -0.2) is 8.42 Å². The number of hydrogen-bond acceptors (Lipinski definition) is 3. The number of rotatable bonds is 4. The van der Waals surface area contributed by atoms with Gasteiger partial charge in [-0.15, -0.1) is 0 Å². The van der Waals surface area contributed by atoms with Gasteiger partial charge in [0.05, 0.1) is 22.0 Å². The van der Waals surface area contributed by atoms with Crippen LogP contribution in [0.3, 0.4) is 0 Å². The van der Waals surface area contributed by atoms with Gasteiger partial charge < -0.3 is 0 Å². The van der Waals surface area contributed by atoms with E-state index in [1.54, 1.807) is 23.7 Å². The summed E-state index contributed by atoms with van der Waals surface area (Å²) in [6, 6.07) is 6.21. The van der Waals surface area contributed by atoms with Crippen molar-refractivity contribution in [1.29, 1.82) is 0 Å². The Labute approximate surface area is 130 Å². The van der Waals surface area contributed by atoms with Gasteiger partial charge in [0.25, 0.3) is 10.0 Å². The molecule has 2 rings (SSSR count). The van der Waals surface area contributed by atoms with Crippen molar-refractivity contribution in [2.45, 2.75) is 38.6 Å². The lowest BCUT2D eigenvalue weighted by molar-refractivity contribution is 0.516. The van der Waals surface area contributed by atoms with Gasteiger partial charge >= 0.3 is 0 Å². The quantitative estimate of drug-likeness (QED) is 0.934. The van der Waals surface area contributed by atoms with Crippen molar-refractivity contribution in [1.82, 2.24) is 9.78 Å². The second-order valence-corrected chi connectivity index (χ2v) is 7.26. The van der Waals surface area contributed by atoms with Gasteiger partial charge in [-0.2, -0.15) is 5.10 Å². The number of halogens is 1. The molecule has 0 saturated carbocycles. The summed E-state index contributed by atoms with van der Waals surface area (Å²) < 4.78 is 29.2. The van der Waals surface area contributed by atoms with Crippen LogP contribution in [0.25, 0.3) is 0 Å². The Morgan fingerprint density at radius 3 is 2.24 bits per heavy atom. The average molecular weight is 328 g/mol. The molecule has 1 N–H and O–H groups in total. The zero-order chi connectivity index (χ0) is 15.8. The van der Waals surface area contributed by atoms with Crippen molar-refractivity contribution in [3.05, 3.63) is 40.7 Å². The largest absolute Gasteiger partial charge is 0.276 e. The third-order valence-electron chi connectivity index (χ3n) is 3.17. The maximum Gasteiger partial charge on any atom is 0.262 e. The van der Waals surface area contributed by atoms with E-state index in [2.05, 4.69) is 9.82 Å². The first-order valence-electron chi connectivity index (χ1n) is 6.56. The molecule has 1 heterocycles. The zero-order valence-corrected chi connectivity index (χ0v) is 14.0. The van der Waals surface area contributed by atoms with E-state index in [1.807, 2.05) is 20.8 Å². The molecule has 1 aromatic carbocycles. The Balaban J connectivity index is 2.39. The number of aryl methyl sites for hydroxylation is 1. The zero-order valence-electron chi connectivity index (χ0n) is 12.4. The summed E-state index contributed by atoms with van der Waals surface area (Å²) in [7, 11) is -3.65. The lowest BCUT2D eigenvalue weighted by Gasteiger charge is -2.10. The number of sulfonamides is 1. The average Bonchev–Trinajstić information content (AvgIpc) is 2.67. The molecule has 5 nitrogen and oxygen atoms in total. The smallest absolute Gasteiger partial charge is 0.262 e. The predicted molar refractivity (Wildman–Crippen MR) is 84.3 cm³/mol. The Morgan fingerprint density at radius 1 is 1.19 bits per heavy atom. The maximum absolute atomic E-state index is 12.4. The lowest BCUT2D eigenvalue weighted by atomic mass is 10.3. The molecule has 0 aliphatic carbocycles. The molecule has 0 saturated heterocycles. The van der Waals surface area contributed by atoms with Crippen LogP contribution in [0.1, 0.15) is 31.3 Å². The number of nitrogens with zero attached hydrogens (tertiary/aromatic N) is 2. The normalized spacial score (nSPS) is 11.9. The number of anilines is 1. The molecular formula is C14H18ClN3O2S. The van der Waals surface area contributed by atoms with Crippen molar-refractivity contribution in [2.75, 3.05) is 4.72 Å². The highest BCUT2D eigenvalue weighted by molar-refractivity contribution is 7.92. The first-order valence-corrected chi connectivity index (χ1v) is 8.42. The first-order chi connectivity index (χ1) is 9.72. The van der Waals surface area contributed by atoms with Crippen molar-refractivity contribution in [3.63, 3.8) is 0 Å². The minimum Gasteiger partial charge on any atom is -0.276 e. The van der Waals surface area contributed by atoms with E-state index in [9.17, 15) is 8.42 Å². The molecule has 0 amide bonds. The number of hydrogen-bond donors (Lipinski definition) is 1. The van der Waals surface area contributed by atoms with Crippen molar-refractivity contribution >= 4 is 27.3 Å². The minimum absolute atomic E-state index is 0.164. The summed E-state index contributed by atoms with van der Waals surface area (Å²) >= 11 is 5.78. The van der Waals surface area contributed by atoms with Crippen LogP contribution in [-0.4, -0.2) is 18.2 Å². The van der Waals surface area contributed by atoms with Crippen LogP contribution in [-0.2, 0) is 10.0 Å². The maximum atomic E-state index is 12.4. The van der Waals surface area contributed by atoms with E-state index < -0.39 is 10.0 Å². The van der Waals surface area contributed by atoms with Gasteiger partial charge in [-0.1, -0.05) is 11.6 Å². The SMILES string of the molecule is Cc1nn(C(C)C)c(C)c1NS(=O)(=O)c1ccc(Cl)cc1. The number of nitrogens with one attached hydrogen (secondary N) is 1. The summed E-state index contributed by atoms with van der Waals surface area (Å²) in [5, 5.41) is 4.86. The molecular weight excluding hydrogens is 310 g/mol. The molecule has 0 unspecified atom stereocenters. The third-order valence-corrected chi connectivity index (χ3v) is 4.79. The van der Waals surface area contributed by atoms with Crippen LogP contribution in [0.5, 0.6) is 0 Å². The molecule has 0 radical (unpaired) electrons. The molecule has 7 heteroatoms. The van der Waals surface area contributed by atoms with Gasteiger partial charge in [-0.05, 0) is 52.0 Å². The Kier molecular flexibility index (Phi) is 4.30. The molecule has 0 spiro atoms. The fourth-order valence-electron chi connectivity index (χ4n) is 2.12. The van der Waals surface area contributed by atoms with E-state index in [-0.39, 0.29) is 10.9 Å². The molecule has 1 aromatic heterocycles. The number of benzene rings is 1. The summed E-state index contributed by atoms with van der Waals surface area (Å²) in [4.78, 5) is 0.169. The van der Waals surface area contributed by atoms with Crippen LogP contribution in [0.15, 0.2) is 29.2 Å². The molecule has 0 aliphatic rings. The Hall–Kier alpha value is -1.53. The van der Waals surface area contributed by atoms with E-state index in [4.69, 9.17) is 11.6 Å². The molecule has 0 fully saturated rings. The van der Waals surface area contributed by atoms with Gasteiger partial charge in [0, 0.05) is 11.1 Å². The summed E-state index contributed by atoms with van der Waals surface area (Å²) in [5.74, 6) is 0. The van der Waals surface area contributed by atoms with Crippen molar-refractivity contribution in [3.8, 4) is 0 Å². The van der Waals surface area contributed by atoms with E-state index >= 15 is 0 Å². The standard InChI is InChI=1S/C14H18ClN3O2S/c1-9(2)18-11(4)14(10(3)16-18)17-21(19,20)13-7-5-12(15)6-8-13/h5-9,17H,1-4H3. The predicted octanol–water partition coefficient (Wildman–Crippen LogP) is 3.54. The van der Waals surface area contributed by atoms with Crippen LogP contribution >= 0.6 is 11.6 Å². The van der Waals surface area contributed by atoms with Crippen LogP contribution in [0.2, 0.25) is 5.02 Å². The number of aromatic nitrogens is 2. The van der Waals surface area contributed by atoms with Gasteiger partial charge in [0.15, 0.2) is 0 Å². The van der Waals surface area contributed by atoms with Crippen LogP contribution in [0, 0.1) is 13.8 Å². The summed E-state index contributed by atoms with van der Waals surface area (Å²) in [6.07, 6.45) is 0. The van der Waals surface area contributed by atoms with Gasteiger partial charge in [0.2, 0.25) is 0 Å². The fraction of sp³-hybridized carbons (Fsp3) is 0.357. The second kappa shape index (κ2) is 5.69. The van der Waals surface area contributed by atoms with E-state index in [0.29, 0.717) is 16.4 Å². The van der Waals surface area contributed by atoms with E-state index in [0.717, 1.165) is 5.69 Å². The Bertz CT molecular complexity index is 749. The summed E-state index contributed by atoms with van der Waals surface area (Å²) in [5.41, 5.74) is 1.97. The Morgan fingerprint density at radius 2 is 1.76 bits per heavy atom. The molecule has 0 atom stereocenters. The van der Waals surface area contributed by atoms with Gasteiger partial charge in [-0.3, -0.25) is 9.40 Å². The first kappa shape index (κ1) is 15.9. The lowest BCUT2D eigenvalue weighted by Crippen LogP contribution is -2.14. The highest BCUT2D eigenvalue weighted by Crippen LogP contribution is 2.25. The minimum atomic E-state index is -3.65. The molecule has 0 aliphatic heterocycles. The third kappa shape index (κ3) is 3.22.